The fourth-order valence-corrected chi connectivity index (χ4v) is 4.58. The normalized spacial score (nSPS) is 24.0. The van der Waals surface area contributed by atoms with Crippen molar-refractivity contribution < 1.29 is 18.7 Å². The first-order valence-corrected chi connectivity index (χ1v) is 8.75. The molecule has 0 bridgehead atoms. The van der Waals surface area contributed by atoms with Crippen molar-refractivity contribution in [3.8, 4) is 0 Å². The lowest BCUT2D eigenvalue weighted by Crippen LogP contribution is -2.53. The molecule has 9 heteroatoms. The number of fused-ring (bicyclic) bond motifs is 3. The highest BCUT2D eigenvalue weighted by molar-refractivity contribution is 6.11. The third kappa shape index (κ3) is 2.02. The van der Waals surface area contributed by atoms with Crippen LogP contribution in [0.5, 0.6) is 0 Å². The van der Waals surface area contributed by atoms with Crippen molar-refractivity contribution in [1.82, 2.24) is 15.0 Å². The number of alkyl halides is 1. The molecule has 140 valence electrons. The molecule has 4 N–H and O–H groups in total. The zero-order chi connectivity index (χ0) is 19.0. The molecule has 1 spiro atoms. The van der Waals surface area contributed by atoms with Gasteiger partial charge in [-0.2, -0.15) is 9.97 Å². The average molecular weight is 373 g/mol. The largest absolute Gasteiger partial charge is 0.479 e. The van der Waals surface area contributed by atoms with Gasteiger partial charge in [0.15, 0.2) is 0 Å². The first-order chi connectivity index (χ1) is 12.8. The number of benzene rings is 1. The quantitative estimate of drug-likeness (QED) is 0.637. The van der Waals surface area contributed by atoms with E-state index in [2.05, 4.69) is 15.0 Å². The van der Waals surface area contributed by atoms with E-state index in [-0.39, 0.29) is 19.0 Å². The molecule has 27 heavy (non-hydrogen) atoms. The Bertz CT molecular complexity index is 1110. The first kappa shape index (κ1) is 16.2. The molecule has 1 aromatic carbocycles. The van der Waals surface area contributed by atoms with Crippen LogP contribution >= 0.6 is 0 Å². The molecule has 2 aromatic heterocycles. The van der Waals surface area contributed by atoms with Crippen molar-refractivity contribution in [2.45, 2.75) is 24.9 Å². The SMILES string of the molecule is Nc1nc(N2CC3(CCC3)[C@@](F)(C(=O)O)C2)c2c(n1)[nH]c1cc(F)ccc12. The molecule has 1 aliphatic heterocycles. The highest BCUT2D eigenvalue weighted by Crippen LogP contribution is 2.56. The predicted molar refractivity (Wildman–Crippen MR) is 95.7 cm³/mol. The summed E-state index contributed by atoms with van der Waals surface area (Å²) in [6.07, 6.45) is 1.85. The molecule has 7 nitrogen and oxygen atoms in total. The highest BCUT2D eigenvalue weighted by atomic mass is 19.1. The van der Waals surface area contributed by atoms with Gasteiger partial charge in [-0.3, -0.25) is 0 Å². The van der Waals surface area contributed by atoms with Gasteiger partial charge in [0.05, 0.1) is 17.4 Å². The fraction of sp³-hybridized carbons (Fsp3) is 0.389. The summed E-state index contributed by atoms with van der Waals surface area (Å²) >= 11 is 0. The smallest absolute Gasteiger partial charge is 0.344 e. The van der Waals surface area contributed by atoms with E-state index in [4.69, 9.17) is 5.73 Å². The minimum atomic E-state index is -2.34. The molecule has 2 fully saturated rings. The van der Waals surface area contributed by atoms with Crippen LogP contribution in [0.3, 0.4) is 0 Å². The zero-order valence-electron chi connectivity index (χ0n) is 14.3. The number of nitrogens with two attached hydrogens (primary N) is 1. The van der Waals surface area contributed by atoms with Crippen LogP contribution < -0.4 is 10.6 Å². The van der Waals surface area contributed by atoms with E-state index >= 15 is 4.39 Å². The van der Waals surface area contributed by atoms with E-state index in [0.717, 1.165) is 6.42 Å². The number of hydrogen-bond acceptors (Lipinski definition) is 5. The predicted octanol–water partition coefficient (Wildman–Crippen LogP) is 2.62. The number of nitrogens with one attached hydrogen (secondary N) is 1. The second kappa shape index (κ2) is 5.05. The summed E-state index contributed by atoms with van der Waals surface area (Å²) in [7, 11) is 0. The van der Waals surface area contributed by atoms with E-state index in [9.17, 15) is 14.3 Å². The zero-order valence-corrected chi connectivity index (χ0v) is 14.3. The molecule has 0 unspecified atom stereocenters. The van der Waals surface area contributed by atoms with Crippen molar-refractivity contribution >= 4 is 39.7 Å². The standard InChI is InChI=1S/C18H17F2N5O2/c19-9-2-3-10-11(6-9)22-13-12(10)14(24-16(21)23-13)25-7-17(4-1-5-17)18(20,8-25)15(26)27/h2-3,6H,1,4-5,7-8H2,(H,26,27)(H3,21,22,23,24)/t18-/m0/s1. The van der Waals surface area contributed by atoms with Crippen LogP contribution in [0.4, 0.5) is 20.5 Å². The van der Waals surface area contributed by atoms with Gasteiger partial charge < -0.3 is 20.7 Å². The minimum Gasteiger partial charge on any atom is -0.479 e. The minimum absolute atomic E-state index is 0.0149. The van der Waals surface area contributed by atoms with Crippen molar-refractivity contribution in [3.63, 3.8) is 0 Å². The molecule has 1 atom stereocenters. The first-order valence-electron chi connectivity index (χ1n) is 8.75. The number of aliphatic carboxylic acids is 1. The summed E-state index contributed by atoms with van der Waals surface area (Å²) in [5.41, 5.74) is 3.51. The van der Waals surface area contributed by atoms with E-state index in [0.29, 0.717) is 40.6 Å². The lowest BCUT2D eigenvalue weighted by Gasteiger charge is -2.43. The second-order valence-corrected chi connectivity index (χ2v) is 7.54. The lowest BCUT2D eigenvalue weighted by atomic mass is 9.61. The number of H-pyrrole nitrogens is 1. The number of carboxylic acid groups (broad SMARTS) is 1. The molecule has 1 aliphatic carbocycles. The molecular formula is C18H17F2N5O2. The molecule has 0 amide bonds. The number of nitrogens with zero attached hydrogens (tertiary/aromatic N) is 3. The Hall–Kier alpha value is -2.97. The summed E-state index contributed by atoms with van der Waals surface area (Å²) < 4.78 is 29.1. The maximum atomic E-state index is 15.5. The maximum absolute atomic E-state index is 15.5. The van der Waals surface area contributed by atoms with Crippen LogP contribution in [0.25, 0.3) is 21.9 Å². The average Bonchev–Trinajstić information content (AvgIpc) is 3.09. The van der Waals surface area contributed by atoms with Crippen LogP contribution in [0.2, 0.25) is 0 Å². The third-order valence-electron chi connectivity index (χ3n) is 6.10. The van der Waals surface area contributed by atoms with E-state index in [1.54, 1.807) is 11.0 Å². The van der Waals surface area contributed by atoms with Crippen LogP contribution in [0.15, 0.2) is 18.2 Å². The van der Waals surface area contributed by atoms with Crippen molar-refractivity contribution in [3.05, 3.63) is 24.0 Å². The molecule has 5 rings (SSSR count). The lowest BCUT2D eigenvalue weighted by molar-refractivity contribution is -0.162. The number of anilines is 2. The molecule has 1 saturated heterocycles. The van der Waals surface area contributed by atoms with Crippen LogP contribution in [0, 0.1) is 11.2 Å². The van der Waals surface area contributed by atoms with Gasteiger partial charge in [-0.15, -0.1) is 0 Å². The fourth-order valence-electron chi connectivity index (χ4n) is 4.58. The van der Waals surface area contributed by atoms with E-state index in [1.165, 1.54) is 12.1 Å². The summed E-state index contributed by atoms with van der Waals surface area (Å²) in [5, 5.41) is 10.8. The van der Waals surface area contributed by atoms with E-state index < -0.39 is 22.9 Å². The second-order valence-electron chi connectivity index (χ2n) is 7.54. The number of carboxylic acids is 1. The molecule has 3 aromatic rings. The van der Waals surface area contributed by atoms with Gasteiger partial charge in [-0.05, 0) is 31.0 Å². The Morgan fingerprint density at radius 2 is 2.07 bits per heavy atom. The number of hydrogen-bond donors (Lipinski definition) is 3. The number of aromatic nitrogens is 3. The number of rotatable bonds is 2. The Labute approximate surface area is 152 Å². The maximum Gasteiger partial charge on any atom is 0.344 e. The van der Waals surface area contributed by atoms with Gasteiger partial charge in [0.25, 0.3) is 0 Å². The van der Waals surface area contributed by atoms with Gasteiger partial charge in [-0.1, -0.05) is 6.42 Å². The number of halogens is 2. The monoisotopic (exact) mass is 373 g/mol. The molecular weight excluding hydrogens is 356 g/mol. The molecule has 0 radical (unpaired) electrons. The van der Waals surface area contributed by atoms with Crippen LogP contribution in [0.1, 0.15) is 19.3 Å². The van der Waals surface area contributed by atoms with Gasteiger partial charge in [-0.25, -0.2) is 13.6 Å². The Balaban J connectivity index is 1.71. The van der Waals surface area contributed by atoms with Crippen molar-refractivity contribution in [2.24, 2.45) is 5.41 Å². The Morgan fingerprint density at radius 3 is 2.70 bits per heavy atom. The summed E-state index contributed by atoms with van der Waals surface area (Å²) in [4.78, 5) is 24.8. The third-order valence-corrected chi connectivity index (χ3v) is 6.10. The van der Waals surface area contributed by atoms with Crippen molar-refractivity contribution in [2.75, 3.05) is 23.7 Å². The Morgan fingerprint density at radius 1 is 1.30 bits per heavy atom. The topological polar surface area (TPSA) is 108 Å². The highest BCUT2D eigenvalue weighted by Gasteiger charge is 2.66. The van der Waals surface area contributed by atoms with Gasteiger partial charge in [0, 0.05) is 17.3 Å². The molecule has 2 aliphatic rings. The van der Waals surface area contributed by atoms with Gasteiger partial charge >= 0.3 is 5.97 Å². The van der Waals surface area contributed by atoms with Crippen LogP contribution in [-0.2, 0) is 4.79 Å². The number of carbonyl (C=O) groups is 1. The summed E-state index contributed by atoms with van der Waals surface area (Å²) in [6.45, 7) is -0.0586. The number of nitrogen functional groups attached to an aromatic ring is 1. The van der Waals surface area contributed by atoms with E-state index in [1.807, 2.05) is 0 Å². The number of aromatic amines is 1. The van der Waals surface area contributed by atoms with Gasteiger partial charge in [0.1, 0.15) is 17.3 Å². The molecule has 3 heterocycles. The van der Waals surface area contributed by atoms with Gasteiger partial charge in [0.2, 0.25) is 11.6 Å². The van der Waals surface area contributed by atoms with Crippen LogP contribution in [-0.4, -0.2) is 44.8 Å². The summed E-state index contributed by atoms with van der Waals surface area (Å²) in [6, 6.07) is 4.26. The Kier molecular flexibility index (Phi) is 3.04. The summed E-state index contributed by atoms with van der Waals surface area (Å²) in [5.74, 6) is -1.48. The molecule has 1 saturated carbocycles. The van der Waals surface area contributed by atoms with Crippen molar-refractivity contribution in [1.29, 1.82) is 0 Å².